The van der Waals surface area contributed by atoms with Crippen molar-refractivity contribution in [1.82, 2.24) is 14.5 Å². The number of carboxylic acids is 1. The van der Waals surface area contributed by atoms with E-state index < -0.39 is 17.7 Å². The zero-order chi connectivity index (χ0) is 21.3. The lowest BCUT2D eigenvalue weighted by Gasteiger charge is -2.09. The highest BCUT2D eigenvalue weighted by Crippen LogP contribution is 2.29. The molecule has 1 aromatic carbocycles. The molecule has 4 aromatic rings. The molecule has 0 radical (unpaired) electrons. The number of aryl methyl sites for hydroxylation is 2. The lowest BCUT2D eigenvalue weighted by Crippen LogP contribution is -2.05. The maximum absolute atomic E-state index is 12.7. The van der Waals surface area contributed by atoms with Crippen LogP contribution in [0.3, 0.4) is 0 Å². The van der Waals surface area contributed by atoms with Crippen LogP contribution in [-0.2, 0) is 19.1 Å². The Kier molecular flexibility index (Phi) is 4.99. The number of nitrogens with zero attached hydrogens (tertiary/aromatic N) is 3. The monoisotopic (exact) mass is 411 g/mol. The molecule has 0 spiro atoms. The first-order valence-corrected chi connectivity index (χ1v) is 9.12. The van der Waals surface area contributed by atoms with E-state index in [0.717, 1.165) is 28.6 Å². The Morgan fingerprint density at radius 1 is 1.00 bits per heavy atom. The molecule has 3 heterocycles. The topological polar surface area (TPSA) is 68.0 Å². The van der Waals surface area contributed by atoms with E-state index in [2.05, 4.69) is 9.97 Å². The summed E-state index contributed by atoms with van der Waals surface area (Å²) in [5, 5.41) is 10.0. The van der Waals surface area contributed by atoms with E-state index in [4.69, 9.17) is 5.11 Å². The largest absolute Gasteiger partial charge is 0.478 e. The van der Waals surface area contributed by atoms with E-state index >= 15 is 0 Å². The minimum absolute atomic E-state index is 0.135. The summed E-state index contributed by atoms with van der Waals surface area (Å²) in [5.41, 5.74) is 2.19. The summed E-state index contributed by atoms with van der Waals surface area (Å²) in [6.45, 7) is 0.586. The van der Waals surface area contributed by atoms with Gasteiger partial charge < -0.3 is 9.67 Å². The fraction of sp³-hybridized carbons (Fsp3) is 0.136. The Bertz CT molecular complexity index is 1210. The number of hydrogen-bond acceptors (Lipinski definition) is 3. The number of halogens is 3. The minimum Gasteiger partial charge on any atom is -0.478 e. The molecule has 0 unspecified atom stereocenters. The van der Waals surface area contributed by atoms with Crippen LogP contribution in [0.25, 0.3) is 22.3 Å². The van der Waals surface area contributed by atoms with Gasteiger partial charge in [0.2, 0.25) is 0 Å². The number of benzene rings is 1. The molecule has 0 saturated carbocycles. The van der Waals surface area contributed by atoms with E-state index in [1.165, 1.54) is 30.5 Å². The van der Waals surface area contributed by atoms with Crippen molar-refractivity contribution < 1.29 is 23.1 Å². The molecule has 8 heteroatoms. The number of pyridine rings is 2. The van der Waals surface area contributed by atoms with Crippen molar-refractivity contribution in [2.24, 2.45) is 0 Å². The highest BCUT2D eigenvalue weighted by molar-refractivity contribution is 5.89. The summed E-state index contributed by atoms with van der Waals surface area (Å²) in [4.78, 5) is 19.7. The van der Waals surface area contributed by atoms with Crippen molar-refractivity contribution in [2.45, 2.75) is 19.1 Å². The third kappa shape index (κ3) is 4.03. The van der Waals surface area contributed by atoms with Gasteiger partial charge in [-0.15, -0.1) is 0 Å². The van der Waals surface area contributed by atoms with Crippen LogP contribution in [0.1, 0.15) is 21.5 Å². The molecular weight excluding hydrogens is 395 g/mol. The van der Waals surface area contributed by atoms with Gasteiger partial charge in [-0.05, 0) is 48.4 Å². The molecule has 0 atom stereocenters. The maximum Gasteiger partial charge on any atom is 0.416 e. The Morgan fingerprint density at radius 2 is 1.73 bits per heavy atom. The van der Waals surface area contributed by atoms with Gasteiger partial charge in [-0.1, -0.05) is 12.1 Å². The second kappa shape index (κ2) is 7.62. The highest BCUT2D eigenvalue weighted by atomic mass is 19.4. The van der Waals surface area contributed by atoms with E-state index in [1.54, 1.807) is 6.20 Å². The fourth-order valence-electron chi connectivity index (χ4n) is 3.24. The first-order chi connectivity index (χ1) is 14.3. The Balaban J connectivity index is 1.53. The molecule has 0 saturated heterocycles. The number of carboxylic acid groups (broad SMARTS) is 1. The third-order valence-corrected chi connectivity index (χ3v) is 4.85. The van der Waals surface area contributed by atoms with Crippen molar-refractivity contribution in [3.63, 3.8) is 0 Å². The van der Waals surface area contributed by atoms with Gasteiger partial charge in [-0.25, -0.2) is 4.79 Å². The molecule has 0 aliphatic heterocycles. The average molecular weight is 411 g/mol. The normalized spacial score (nSPS) is 11.7. The standard InChI is InChI=1S/C22H16F3N3O2/c23-22(24,25)17-3-1-14(2-4-17)6-9-28-10-7-15-11-19(27-13-20(15)28)18-12-16(21(29)30)5-8-26-18/h1-5,7-8,10-13H,6,9H2,(H,29,30). The first-order valence-electron chi connectivity index (χ1n) is 9.12. The zero-order valence-corrected chi connectivity index (χ0v) is 15.6. The summed E-state index contributed by atoms with van der Waals surface area (Å²) in [7, 11) is 0. The molecule has 30 heavy (non-hydrogen) atoms. The second-order valence-electron chi connectivity index (χ2n) is 6.82. The number of alkyl halides is 3. The smallest absolute Gasteiger partial charge is 0.416 e. The van der Waals surface area contributed by atoms with Crippen LogP contribution in [0, 0.1) is 0 Å². The molecule has 3 aromatic heterocycles. The Hall–Kier alpha value is -3.68. The lowest BCUT2D eigenvalue weighted by atomic mass is 10.1. The molecule has 0 fully saturated rings. The molecule has 5 nitrogen and oxygen atoms in total. The van der Waals surface area contributed by atoms with Crippen molar-refractivity contribution in [3.05, 3.63) is 83.8 Å². The number of rotatable bonds is 5. The molecule has 152 valence electrons. The SMILES string of the molecule is O=C(O)c1ccnc(-c2cc3ccn(CCc4ccc(C(F)(F)F)cc4)c3cn2)c1. The number of aromatic nitrogens is 3. The molecule has 0 aliphatic carbocycles. The van der Waals surface area contributed by atoms with Crippen LogP contribution < -0.4 is 0 Å². The van der Waals surface area contributed by atoms with Crippen molar-refractivity contribution >= 4 is 16.9 Å². The minimum atomic E-state index is -4.34. The van der Waals surface area contributed by atoms with Crippen LogP contribution in [0.15, 0.2) is 67.1 Å². The highest BCUT2D eigenvalue weighted by Gasteiger charge is 2.29. The van der Waals surface area contributed by atoms with E-state index in [0.29, 0.717) is 24.4 Å². The van der Waals surface area contributed by atoms with Crippen LogP contribution in [0.5, 0.6) is 0 Å². The van der Waals surface area contributed by atoms with E-state index in [9.17, 15) is 18.0 Å². The molecule has 0 amide bonds. The van der Waals surface area contributed by atoms with Crippen LogP contribution in [0.4, 0.5) is 13.2 Å². The lowest BCUT2D eigenvalue weighted by molar-refractivity contribution is -0.137. The van der Waals surface area contributed by atoms with Gasteiger partial charge >= 0.3 is 12.1 Å². The van der Waals surface area contributed by atoms with Crippen molar-refractivity contribution in [2.75, 3.05) is 0 Å². The van der Waals surface area contributed by atoms with Gasteiger partial charge in [0.15, 0.2) is 0 Å². The molecular formula is C22H16F3N3O2. The quantitative estimate of drug-likeness (QED) is 0.499. The summed E-state index contributed by atoms with van der Waals surface area (Å²) < 4.78 is 40.0. The number of fused-ring (bicyclic) bond motifs is 1. The first kappa shape index (κ1) is 19.6. The van der Waals surface area contributed by atoms with Gasteiger partial charge in [-0.3, -0.25) is 9.97 Å². The van der Waals surface area contributed by atoms with Gasteiger partial charge in [-0.2, -0.15) is 13.2 Å². The van der Waals surface area contributed by atoms with E-state index in [1.807, 2.05) is 22.9 Å². The third-order valence-electron chi connectivity index (χ3n) is 4.85. The van der Waals surface area contributed by atoms with Crippen molar-refractivity contribution in [1.29, 1.82) is 0 Å². The Labute approximate surface area is 169 Å². The van der Waals surface area contributed by atoms with Crippen LogP contribution >= 0.6 is 0 Å². The average Bonchev–Trinajstić information content (AvgIpc) is 3.14. The van der Waals surface area contributed by atoms with Crippen LogP contribution in [0.2, 0.25) is 0 Å². The molecule has 0 aliphatic rings. The van der Waals surface area contributed by atoms with E-state index in [-0.39, 0.29) is 5.56 Å². The molecule has 1 N–H and O–H groups in total. The van der Waals surface area contributed by atoms with Crippen LogP contribution in [-0.4, -0.2) is 25.6 Å². The van der Waals surface area contributed by atoms with Gasteiger partial charge in [0.25, 0.3) is 0 Å². The zero-order valence-electron chi connectivity index (χ0n) is 15.6. The Morgan fingerprint density at radius 3 is 2.43 bits per heavy atom. The number of carbonyl (C=O) groups is 1. The summed E-state index contributed by atoms with van der Waals surface area (Å²) in [6, 6.07) is 11.8. The molecule has 0 bridgehead atoms. The second-order valence-corrected chi connectivity index (χ2v) is 6.82. The van der Waals surface area contributed by atoms with Gasteiger partial charge in [0.1, 0.15) is 0 Å². The van der Waals surface area contributed by atoms with Gasteiger partial charge in [0, 0.05) is 24.3 Å². The summed E-state index contributed by atoms with van der Waals surface area (Å²) in [5.74, 6) is -1.03. The fourth-order valence-corrected chi connectivity index (χ4v) is 3.24. The number of hydrogen-bond donors (Lipinski definition) is 1. The summed E-state index contributed by atoms with van der Waals surface area (Å²) in [6.07, 6.45) is 1.25. The molecule has 4 rings (SSSR count). The number of aromatic carboxylic acids is 1. The van der Waals surface area contributed by atoms with Crippen molar-refractivity contribution in [3.8, 4) is 11.4 Å². The predicted octanol–water partition coefficient (Wildman–Crippen LogP) is 5.06. The maximum atomic E-state index is 12.7. The van der Waals surface area contributed by atoms with Gasteiger partial charge in [0.05, 0.1) is 34.2 Å². The summed E-state index contributed by atoms with van der Waals surface area (Å²) >= 11 is 0. The predicted molar refractivity (Wildman–Crippen MR) is 105 cm³/mol.